The molecular weight excluding hydrogens is 388 g/mol. The van der Waals surface area contributed by atoms with Gasteiger partial charge in [-0.1, -0.05) is 48.5 Å². The van der Waals surface area contributed by atoms with Gasteiger partial charge in [-0.05, 0) is 37.5 Å². The average Bonchev–Trinajstić information content (AvgIpc) is 2.80. The molecule has 1 aliphatic rings. The van der Waals surface area contributed by atoms with E-state index in [0.29, 0.717) is 31.2 Å². The minimum Gasteiger partial charge on any atom is -0.439 e. The molecule has 0 bridgehead atoms. The van der Waals surface area contributed by atoms with Crippen molar-refractivity contribution in [1.82, 2.24) is 14.9 Å². The van der Waals surface area contributed by atoms with Gasteiger partial charge in [-0.25, -0.2) is 4.98 Å². The highest BCUT2D eigenvalue weighted by Crippen LogP contribution is 2.24. The Morgan fingerprint density at radius 1 is 0.935 bits per heavy atom. The SMILES string of the molecule is Cc1nc(Oc2ccccc2)cc(N2CCN(C(=O)CCCc3ccccc3)CC2)n1. The molecule has 2 heterocycles. The maximum atomic E-state index is 12.6. The average molecular weight is 417 g/mol. The van der Waals surface area contributed by atoms with Crippen LogP contribution in [0, 0.1) is 6.92 Å². The van der Waals surface area contributed by atoms with E-state index < -0.39 is 0 Å². The third kappa shape index (κ3) is 5.81. The van der Waals surface area contributed by atoms with Crippen LogP contribution in [0.1, 0.15) is 24.2 Å². The fourth-order valence-corrected chi connectivity index (χ4v) is 3.78. The van der Waals surface area contributed by atoms with E-state index in [9.17, 15) is 4.79 Å². The minimum absolute atomic E-state index is 0.238. The number of aryl methyl sites for hydroxylation is 2. The smallest absolute Gasteiger partial charge is 0.224 e. The number of para-hydroxylation sites is 1. The van der Waals surface area contributed by atoms with Crippen molar-refractivity contribution in [3.05, 3.63) is 78.1 Å². The number of rotatable bonds is 7. The van der Waals surface area contributed by atoms with Gasteiger partial charge in [0.05, 0.1) is 0 Å². The number of anilines is 1. The number of hydrogen-bond acceptors (Lipinski definition) is 5. The van der Waals surface area contributed by atoms with Crippen LogP contribution in [0.25, 0.3) is 0 Å². The number of carbonyl (C=O) groups excluding carboxylic acids is 1. The molecule has 1 fully saturated rings. The molecule has 0 spiro atoms. The Balaban J connectivity index is 1.29. The Morgan fingerprint density at radius 2 is 1.61 bits per heavy atom. The number of piperazine rings is 1. The lowest BCUT2D eigenvalue weighted by Crippen LogP contribution is -2.49. The van der Waals surface area contributed by atoms with Crippen molar-refractivity contribution in [3.8, 4) is 11.6 Å². The first-order valence-corrected chi connectivity index (χ1v) is 10.8. The first-order chi connectivity index (χ1) is 15.2. The molecule has 1 amide bonds. The summed E-state index contributed by atoms with van der Waals surface area (Å²) < 4.78 is 5.89. The summed E-state index contributed by atoms with van der Waals surface area (Å²) in [6, 6.07) is 21.8. The number of amides is 1. The van der Waals surface area contributed by atoms with Gasteiger partial charge >= 0.3 is 0 Å². The van der Waals surface area contributed by atoms with Gasteiger partial charge in [-0.2, -0.15) is 4.98 Å². The number of aromatic nitrogens is 2. The lowest BCUT2D eigenvalue weighted by Gasteiger charge is -2.35. The molecule has 2 aromatic carbocycles. The van der Waals surface area contributed by atoms with Crippen LogP contribution in [0.2, 0.25) is 0 Å². The Bertz CT molecular complexity index is 987. The lowest BCUT2D eigenvalue weighted by atomic mass is 10.1. The second kappa shape index (κ2) is 10.1. The van der Waals surface area contributed by atoms with Crippen molar-refractivity contribution in [3.63, 3.8) is 0 Å². The summed E-state index contributed by atoms with van der Waals surface area (Å²) in [6.07, 6.45) is 2.42. The normalized spacial score (nSPS) is 13.8. The molecule has 0 unspecified atom stereocenters. The van der Waals surface area contributed by atoms with Gasteiger partial charge in [0.1, 0.15) is 17.4 Å². The Hall–Kier alpha value is -3.41. The summed E-state index contributed by atoms with van der Waals surface area (Å²) in [5, 5.41) is 0. The molecule has 0 saturated carbocycles. The summed E-state index contributed by atoms with van der Waals surface area (Å²) in [7, 11) is 0. The summed E-state index contributed by atoms with van der Waals surface area (Å²) in [5.41, 5.74) is 1.28. The van der Waals surface area contributed by atoms with Gasteiger partial charge < -0.3 is 14.5 Å². The second-order valence-corrected chi connectivity index (χ2v) is 7.73. The van der Waals surface area contributed by atoms with Gasteiger partial charge in [-0.15, -0.1) is 0 Å². The van der Waals surface area contributed by atoms with E-state index in [2.05, 4.69) is 27.0 Å². The highest BCUT2D eigenvalue weighted by molar-refractivity contribution is 5.76. The summed E-state index contributed by atoms with van der Waals surface area (Å²) >= 11 is 0. The van der Waals surface area contributed by atoms with Crippen LogP contribution in [0.3, 0.4) is 0 Å². The third-order valence-corrected chi connectivity index (χ3v) is 5.42. The molecule has 1 aliphatic heterocycles. The number of benzene rings is 2. The zero-order chi connectivity index (χ0) is 21.5. The monoisotopic (exact) mass is 416 g/mol. The molecule has 0 radical (unpaired) electrons. The molecule has 160 valence electrons. The Morgan fingerprint density at radius 3 is 2.32 bits per heavy atom. The predicted molar refractivity (Wildman–Crippen MR) is 121 cm³/mol. The van der Waals surface area contributed by atoms with Crippen molar-refractivity contribution >= 4 is 11.7 Å². The van der Waals surface area contributed by atoms with Crippen LogP contribution in [-0.2, 0) is 11.2 Å². The van der Waals surface area contributed by atoms with E-state index in [1.54, 1.807) is 0 Å². The number of ether oxygens (including phenoxy) is 1. The van der Waals surface area contributed by atoms with Crippen LogP contribution in [0.5, 0.6) is 11.6 Å². The van der Waals surface area contributed by atoms with Gasteiger partial charge in [0.15, 0.2) is 0 Å². The molecule has 4 rings (SSSR count). The van der Waals surface area contributed by atoms with Crippen LogP contribution in [0.15, 0.2) is 66.7 Å². The molecular formula is C25H28N4O2. The van der Waals surface area contributed by atoms with Crippen LogP contribution >= 0.6 is 0 Å². The largest absolute Gasteiger partial charge is 0.439 e. The molecule has 0 N–H and O–H groups in total. The highest BCUT2D eigenvalue weighted by atomic mass is 16.5. The van der Waals surface area contributed by atoms with Crippen molar-refractivity contribution in [2.75, 3.05) is 31.1 Å². The van der Waals surface area contributed by atoms with E-state index in [0.717, 1.165) is 37.5 Å². The molecule has 6 heteroatoms. The van der Waals surface area contributed by atoms with Crippen molar-refractivity contribution in [2.45, 2.75) is 26.2 Å². The highest BCUT2D eigenvalue weighted by Gasteiger charge is 2.22. The van der Waals surface area contributed by atoms with Crippen molar-refractivity contribution in [2.24, 2.45) is 0 Å². The number of hydrogen-bond donors (Lipinski definition) is 0. The molecule has 1 saturated heterocycles. The van der Waals surface area contributed by atoms with Crippen molar-refractivity contribution in [1.29, 1.82) is 0 Å². The van der Waals surface area contributed by atoms with Crippen LogP contribution in [-0.4, -0.2) is 47.0 Å². The zero-order valence-corrected chi connectivity index (χ0v) is 17.9. The quantitative estimate of drug-likeness (QED) is 0.576. The van der Waals surface area contributed by atoms with Crippen LogP contribution in [0.4, 0.5) is 5.82 Å². The van der Waals surface area contributed by atoms with Crippen molar-refractivity contribution < 1.29 is 9.53 Å². The summed E-state index contributed by atoms with van der Waals surface area (Å²) in [6.45, 7) is 4.80. The predicted octanol–water partition coefficient (Wildman–Crippen LogP) is 4.25. The third-order valence-electron chi connectivity index (χ3n) is 5.42. The Kier molecular flexibility index (Phi) is 6.77. The van der Waals surface area contributed by atoms with E-state index in [1.165, 1.54) is 5.56 Å². The maximum absolute atomic E-state index is 12.6. The molecule has 0 atom stereocenters. The van der Waals surface area contributed by atoms with Crippen LogP contribution < -0.4 is 9.64 Å². The molecule has 31 heavy (non-hydrogen) atoms. The fourth-order valence-electron chi connectivity index (χ4n) is 3.78. The van der Waals surface area contributed by atoms with Gasteiger partial charge in [0, 0.05) is 38.7 Å². The zero-order valence-electron chi connectivity index (χ0n) is 17.9. The van der Waals surface area contributed by atoms with E-state index in [1.807, 2.05) is 66.4 Å². The molecule has 0 aliphatic carbocycles. The standard InChI is InChI=1S/C25H28N4O2/c1-20-26-23(19-24(27-20)31-22-12-6-3-7-13-22)28-15-17-29(18-16-28)25(30)14-8-11-21-9-4-2-5-10-21/h2-7,9-10,12-13,19H,8,11,14-18H2,1H3. The minimum atomic E-state index is 0.238. The lowest BCUT2D eigenvalue weighted by molar-refractivity contribution is -0.131. The second-order valence-electron chi connectivity index (χ2n) is 7.73. The van der Waals surface area contributed by atoms with Gasteiger partial charge in [-0.3, -0.25) is 4.79 Å². The maximum Gasteiger partial charge on any atom is 0.224 e. The summed E-state index contributed by atoms with van der Waals surface area (Å²) in [4.78, 5) is 25.8. The molecule has 6 nitrogen and oxygen atoms in total. The topological polar surface area (TPSA) is 58.6 Å². The summed E-state index contributed by atoms with van der Waals surface area (Å²) in [5.74, 6) is 3.03. The van der Waals surface area contributed by atoms with Gasteiger partial charge in [0.2, 0.25) is 11.8 Å². The van der Waals surface area contributed by atoms with E-state index in [4.69, 9.17) is 4.74 Å². The number of carbonyl (C=O) groups is 1. The molecule has 1 aromatic heterocycles. The first kappa shape index (κ1) is 20.8. The molecule has 3 aromatic rings. The fraction of sp³-hybridized carbons (Fsp3) is 0.320. The number of nitrogens with zero attached hydrogens (tertiary/aromatic N) is 4. The van der Waals surface area contributed by atoms with E-state index >= 15 is 0 Å². The first-order valence-electron chi connectivity index (χ1n) is 10.8. The van der Waals surface area contributed by atoms with E-state index in [-0.39, 0.29) is 5.91 Å². The van der Waals surface area contributed by atoms with Gasteiger partial charge in [0.25, 0.3) is 0 Å². The Labute approximate surface area is 183 Å².